The lowest BCUT2D eigenvalue weighted by Gasteiger charge is -2.41. The molecule has 0 aromatic rings. The number of nitrogens with one attached hydrogen (secondary N) is 1. The van der Waals surface area contributed by atoms with E-state index in [9.17, 15) is 43.3 Å². The summed E-state index contributed by atoms with van der Waals surface area (Å²) in [6, 6.07) is -1.11. The molecular formula is C48H93NO12S. The first kappa shape index (κ1) is 58.8. The number of ether oxygens (including phenoxy) is 2. The molecule has 62 heavy (non-hydrogen) atoms. The zero-order chi connectivity index (χ0) is 45.7. The number of rotatable bonds is 43. The highest BCUT2D eigenvalue weighted by Gasteiger charge is 2.48. The molecule has 0 bridgehead atoms. The zero-order valence-corrected chi connectivity index (χ0v) is 39.9. The molecule has 7 N–H and O–H groups in total. The number of amides is 1. The van der Waals surface area contributed by atoms with Gasteiger partial charge in [-0.05, 0) is 19.3 Å². The maximum Gasteiger partial charge on any atom is 0.397 e. The first-order valence-corrected chi connectivity index (χ1v) is 26.5. The molecule has 1 rings (SSSR count). The van der Waals surface area contributed by atoms with E-state index in [4.69, 9.17) is 9.47 Å². The number of unbranched alkanes of at least 4 members (excludes halogenated alkanes) is 30. The Morgan fingerprint density at radius 3 is 1.45 bits per heavy atom. The minimum atomic E-state index is -5.12. The molecule has 1 aliphatic rings. The van der Waals surface area contributed by atoms with Crippen molar-refractivity contribution in [2.75, 3.05) is 13.2 Å². The summed E-state index contributed by atoms with van der Waals surface area (Å²) in [7, 11) is -5.12. The van der Waals surface area contributed by atoms with Crippen LogP contribution in [-0.4, -0.2) is 107 Å². The Morgan fingerprint density at radius 1 is 0.645 bits per heavy atom. The summed E-state index contributed by atoms with van der Waals surface area (Å²) in [5.74, 6) is -0.699. The van der Waals surface area contributed by atoms with Gasteiger partial charge in [0.1, 0.15) is 30.5 Å². The normalized spacial score (nSPS) is 21.1. The third-order valence-electron chi connectivity index (χ3n) is 12.2. The van der Waals surface area contributed by atoms with Gasteiger partial charge in [0.2, 0.25) is 5.91 Å². The van der Waals surface area contributed by atoms with Gasteiger partial charge in [-0.1, -0.05) is 219 Å². The highest BCUT2D eigenvalue weighted by Crippen LogP contribution is 2.26. The van der Waals surface area contributed by atoms with Crippen LogP contribution in [0.1, 0.15) is 226 Å². The Kier molecular flexibility index (Phi) is 37.0. The Bertz CT molecular complexity index is 1180. The molecular weight excluding hydrogens is 815 g/mol. The van der Waals surface area contributed by atoms with Gasteiger partial charge in [0.25, 0.3) is 0 Å². The molecule has 0 spiro atoms. The minimum absolute atomic E-state index is 0.248. The first-order chi connectivity index (χ1) is 29.9. The van der Waals surface area contributed by atoms with Gasteiger partial charge in [-0.15, -0.1) is 0 Å². The molecule has 13 nitrogen and oxygen atoms in total. The van der Waals surface area contributed by atoms with Gasteiger partial charge in [-0.2, -0.15) is 8.42 Å². The Labute approximate surface area is 377 Å². The molecule has 0 radical (unpaired) electrons. The van der Waals surface area contributed by atoms with E-state index in [2.05, 4.69) is 23.3 Å². The second kappa shape index (κ2) is 39.0. The first-order valence-electron chi connectivity index (χ1n) is 25.2. The standard InChI is InChI=1S/C48H93NO12S/c1-3-5-7-9-11-13-15-17-18-19-20-21-22-23-25-27-29-31-33-35-37-42(52)47(55)49-40(41(51)36-34-32-30-28-26-24-16-14-12-10-8-6-4-2)39-59-48-45(54)46(61-62(56,57)58)44(53)43(38-50)60-48/h34,36,40-46,48,50-54H,3-33,35,37-39H2,1-2H3,(H,49,55)(H,56,57,58)/b36-34+/t40-,41+,42?,43+,44-,45+,46-,48?/m0/s1. The molecule has 0 aromatic heterocycles. The summed E-state index contributed by atoms with van der Waals surface area (Å²) in [6.07, 6.45) is 31.5. The van der Waals surface area contributed by atoms with Gasteiger partial charge in [-0.3, -0.25) is 9.35 Å². The van der Waals surface area contributed by atoms with E-state index in [1.807, 2.05) is 6.08 Å². The van der Waals surface area contributed by atoms with E-state index in [-0.39, 0.29) is 6.42 Å². The lowest BCUT2D eigenvalue weighted by molar-refractivity contribution is -0.298. The van der Waals surface area contributed by atoms with Gasteiger partial charge >= 0.3 is 10.4 Å². The minimum Gasteiger partial charge on any atom is -0.394 e. The van der Waals surface area contributed by atoms with Gasteiger partial charge in [-0.25, -0.2) is 4.18 Å². The summed E-state index contributed by atoms with van der Waals surface area (Å²) >= 11 is 0. The van der Waals surface area contributed by atoms with Crippen LogP contribution in [0.2, 0.25) is 0 Å². The van der Waals surface area contributed by atoms with E-state index in [1.54, 1.807) is 6.08 Å². The summed E-state index contributed by atoms with van der Waals surface area (Å²) in [5.41, 5.74) is 0. The summed E-state index contributed by atoms with van der Waals surface area (Å²) < 4.78 is 47.5. The highest BCUT2D eigenvalue weighted by molar-refractivity contribution is 7.80. The monoisotopic (exact) mass is 908 g/mol. The Hall–Kier alpha value is -1.20. The van der Waals surface area contributed by atoms with E-state index >= 15 is 0 Å². The van der Waals surface area contributed by atoms with Gasteiger partial charge in [0.15, 0.2) is 6.29 Å². The van der Waals surface area contributed by atoms with E-state index < -0.39 is 78.5 Å². The number of allylic oxidation sites excluding steroid dienone is 1. The molecule has 1 saturated heterocycles. The quantitative estimate of drug-likeness (QED) is 0.0173. The molecule has 1 amide bonds. The SMILES string of the molecule is CCCCCCCCCCCCC/C=C/[C@@H](O)[C@H](COC1O[C@H](CO)[C@H](O)[C@H](OS(=O)(=O)O)[C@H]1O)NC(=O)C(O)CCCCCCCCCCCCCCCCCCCCCC. The van der Waals surface area contributed by atoms with Gasteiger partial charge in [0, 0.05) is 0 Å². The molecule has 0 aliphatic carbocycles. The fraction of sp³-hybridized carbons (Fsp3) is 0.938. The van der Waals surface area contributed by atoms with Crippen LogP contribution in [0.15, 0.2) is 12.2 Å². The third-order valence-corrected chi connectivity index (χ3v) is 12.6. The van der Waals surface area contributed by atoms with Crippen molar-refractivity contribution < 1.29 is 57.0 Å². The second-order valence-corrected chi connectivity index (χ2v) is 19.0. The molecule has 2 unspecified atom stereocenters. The molecule has 1 fully saturated rings. The number of hydrogen-bond donors (Lipinski definition) is 7. The van der Waals surface area contributed by atoms with Crippen molar-refractivity contribution in [3.63, 3.8) is 0 Å². The van der Waals surface area contributed by atoms with Crippen LogP contribution in [0.25, 0.3) is 0 Å². The molecule has 368 valence electrons. The van der Waals surface area contributed by atoms with E-state index in [0.29, 0.717) is 12.8 Å². The van der Waals surface area contributed by atoms with Crippen LogP contribution in [0.3, 0.4) is 0 Å². The van der Waals surface area contributed by atoms with Crippen molar-refractivity contribution in [2.24, 2.45) is 0 Å². The zero-order valence-electron chi connectivity index (χ0n) is 39.1. The maximum absolute atomic E-state index is 13.1. The van der Waals surface area contributed by atoms with Crippen LogP contribution in [-0.2, 0) is 28.9 Å². The third kappa shape index (κ3) is 30.8. The van der Waals surface area contributed by atoms with Crippen LogP contribution >= 0.6 is 0 Å². The van der Waals surface area contributed by atoms with Crippen LogP contribution < -0.4 is 5.32 Å². The van der Waals surface area contributed by atoms with Gasteiger partial charge < -0.3 is 40.3 Å². The fourth-order valence-electron chi connectivity index (χ4n) is 8.17. The van der Waals surface area contributed by atoms with Crippen molar-refractivity contribution in [3.05, 3.63) is 12.2 Å². The molecule has 1 heterocycles. The Morgan fingerprint density at radius 2 is 1.05 bits per heavy atom. The summed E-state index contributed by atoms with van der Waals surface area (Å²) in [6.45, 7) is 3.23. The molecule has 14 heteroatoms. The molecule has 0 aromatic carbocycles. The number of carbonyl (C=O) groups excluding carboxylic acids is 1. The van der Waals surface area contributed by atoms with Crippen molar-refractivity contribution in [1.29, 1.82) is 0 Å². The van der Waals surface area contributed by atoms with Crippen LogP contribution in [0, 0.1) is 0 Å². The Balaban J connectivity index is 2.49. The lowest BCUT2D eigenvalue weighted by Crippen LogP contribution is -2.61. The van der Waals surface area contributed by atoms with Crippen molar-refractivity contribution >= 4 is 16.3 Å². The van der Waals surface area contributed by atoms with E-state index in [0.717, 1.165) is 38.5 Å². The maximum atomic E-state index is 13.1. The predicted molar refractivity (Wildman–Crippen MR) is 247 cm³/mol. The summed E-state index contributed by atoms with van der Waals surface area (Å²) in [5, 5.41) is 55.3. The summed E-state index contributed by atoms with van der Waals surface area (Å²) in [4.78, 5) is 13.1. The van der Waals surface area contributed by atoms with E-state index in [1.165, 1.54) is 154 Å². The van der Waals surface area contributed by atoms with Crippen molar-refractivity contribution in [3.8, 4) is 0 Å². The van der Waals surface area contributed by atoms with Crippen molar-refractivity contribution in [1.82, 2.24) is 5.32 Å². The molecule has 8 atom stereocenters. The number of aliphatic hydroxyl groups excluding tert-OH is 5. The predicted octanol–water partition coefficient (Wildman–Crippen LogP) is 9.31. The smallest absolute Gasteiger partial charge is 0.394 e. The van der Waals surface area contributed by atoms with Crippen molar-refractivity contribution in [2.45, 2.75) is 275 Å². The number of carbonyl (C=O) groups is 1. The largest absolute Gasteiger partial charge is 0.397 e. The topological polar surface area (TPSA) is 212 Å². The number of hydrogen-bond acceptors (Lipinski definition) is 11. The average Bonchev–Trinajstić information content (AvgIpc) is 3.24. The molecule has 0 saturated carbocycles. The molecule has 1 aliphatic heterocycles. The lowest BCUT2D eigenvalue weighted by atomic mass is 9.99. The second-order valence-electron chi connectivity index (χ2n) is 17.9. The van der Waals surface area contributed by atoms with Crippen LogP contribution in [0.4, 0.5) is 0 Å². The van der Waals surface area contributed by atoms with Gasteiger partial charge in [0.05, 0.1) is 25.4 Å². The average molecular weight is 908 g/mol. The highest BCUT2D eigenvalue weighted by atomic mass is 32.3. The fourth-order valence-corrected chi connectivity index (χ4v) is 8.68. The number of aliphatic hydroxyl groups is 5. The van der Waals surface area contributed by atoms with Crippen LogP contribution in [0.5, 0.6) is 0 Å².